The van der Waals surface area contributed by atoms with Gasteiger partial charge in [0.15, 0.2) is 0 Å². The smallest absolute Gasteiger partial charge is 0.234 e. The van der Waals surface area contributed by atoms with Gasteiger partial charge < -0.3 is 16.0 Å². The number of nitrogens with one attached hydrogen (secondary N) is 2. The predicted octanol–water partition coefficient (Wildman–Crippen LogP) is 5.05. The summed E-state index contributed by atoms with van der Waals surface area (Å²) in [5.74, 6) is -0.210. The van der Waals surface area contributed by atoms with Crippen molar-refractivity contribution >= 4 is 56.0 Å². The number of nitrogen functional groups attached to an aromatic ring is 1. The third-order valence-electron chi connectivity index (χ3n) is 4.74. The first-order valence-corrected chi connectivity index (χ1v) is 11.2. The van der Waals surface area contributed by atoms with E-state index in [1.165, 1.54) is 0 Å². The van der Waals surface area contributed by atoms with E-state index in [0.29, 0.717) is 21.8 Å². The molecule has 0 spiro atoms. The topological polar surface area (TPSA) is 131 Å². The number of anilines is 2. The second kappa shape index (κ2) is 9.15. The normalized spacial score (nSPS) is 10.5. The Morgan fingerprint density at radius 2 is 1.84 bits per heavy atom. The summed E-state index contributed by atoms with van der Waals surface area (Å²) < 4.78 is 0.908. The van der Waals surface area contributed by atoms with Crippen molar-refractivity contribution in [1.29, 1.82) is 10.5 Å². The number of aromatic amines is 1. The lowest BCUT2D eigenvalue weighted by Crippen LogP contribution is -2.14. The summed E-state index contributed by atoms with van der Waals surface area (Å²) >= 11 is 4.45. The van der Waals surface area contributed by atoms with E-state index in [9.17, 15) is 15.3 Å². The van der Waals surface area contributed by atoms with Crippen LogP contribution < -0.4 is 11.1 Å². The number of carbonyl (C=O) groups excluding carboxylic acids is 1. The van der Waals surface area contributed by atoms with E-state index >= 15 is 0 Å². The molecular formula is C23H15BrN6OS. The molecule has 0 atom stereocenters. The second-order valence-electron chi connectivity index (χ2n) is 6.74. The zero-order valence-electron chi connectivity index (χ0n) is 16.5. The molecule has 4 aromatic rings. The van der Waals surface area contributed by atoms with Crippen LogP contribution in [-0.4, -0.2) is 21.6 Å². The van der Waals surface area contributed by atoms with Gasteiger partial charge in [-0.3, -0.25) is 4.79 Å². The fourth-order valence-corrected chi connectivity index (χ4v) is 4.37. The average Bonchev–Trinajstić information content (AvgIpc) is 3.22. The minimum atomic E-state index is -0.250. The Kier molecular flexibility index (Phi) is 6.13. The van der Waals surface area contributed by atoms with Gasteiger partial charge in [0.2, 0.25) is 5.91 Å². The SMILES string of the molecule is N#Cc1c(N)nc(SCC(=O)Nc2ccc(Br)cc2)c(C#N)c1-c1c[nH]c2ccccc12. The molecule has 2 heterocycles. The van der Waals surface area contributed by atoms with Crippen molar-refractivity contribution in [2.24, 2.45) is 0 Å². The number of nitriles is 2. The van der Waals surface area contributed by atoms with Crippen molar-refractivity contribution in [3.05, 3.63) is 70.3 Å². The molecule has 0 fully saturated rings. The molecule has 0 aliphatic heterocycles. The zero-order chi connectivity index (χ0) is 22.7. The van der Waals surface area contributed by atoms with Crippen LogP contribution in [0, 0.1) is 22.7 Å². The van der Waals surface area contributed by atoms with E-state index in [4.69, 9.17) is 5.73 Å². The number of benzene rings is 2. The first-order chi connectivity index (χ1) is 15.5. The standard InChI is InChI=1S/C23H15BrN6OS/c24-13-5-7-14(8-6-13)29-20(31)12-32-23-17(10-26)21(16(9-25)22(27)30-23)18-11-28-19-4-2-1-3-15(18)19/h1-8,11,28H,12H2,(H2,27,30)(H,29,31). The van der Waals surface area contributed by atoms with E-state index < -0.39 is 0 Å². The monoisotopic (exact) mass is 502 g/mol. The van der Waals surface area contributed by atoms with Crippen LogP contribution in [0.25, 0.3) is 22.0 Å². The number of rotatable bonds is 5. The quantitative estimate of drug-likeness (QED) is 0.327. The van der Waals surface area contributed by atoms with Gasteiger partial charge in [0.05, 0.1) is 11.3 Å². The Labute approximate surface area is 196 Å². The van der Waals surface area contributed by atoms with Crippen molar-refractivity contribution in [2.75, 3.05) is 16.8 Å². The fraction of sp³-hybridized carbons (Fsp3) is 0.0435. The van der Waals surface area contributed by atoms with Crippen LogP contribution in [0.5, 0.6) is 0 Å². The summed E-state index contributed by atoms with van der Waals surface area (Å²) in [6.07, 6.45) is 1.75. The van der Waals surface area contributed by atoms with E-state index in [2.05, 4.69) is 43.4 Å². The maximum atomic E-state index is 12.4. The third kappa shape index (κ3) is 4.17. The van der Waals surface area contributed by atoms with Gasteiger partial charge in [0.25, 0.3) is 0 Å². The summed E-state index contributed by atoms with van der Waals surface area (Å²) in [6.45, 7) is 0. The molecule has 0 saturated carbocycles. The Bertz CT molecular complexity index is 1420. The highest BCUT2D eigenvalue weighted by molar-refractivity contribution is 9.10. The highest BCUT2D eigenvalue weighted by atomic mass is 79.9. The summed E-state index contributed by atoms with van der Waals surface area (Å²) in [7, 11) is 0. The van der Waals surface area contributed by atoms with Crippen molar-refractivity contribution in [3.8, 4) is 23.3 Å². The summed E-state index contributed by atoms with van der Waals surface area (Å²) in [5, 5.41) is 23.6. The first-order valence-electron chi connectivity index (χ1n) is 9.40. The highest BCUT2D eigenvalue weighted by Gasteiger charge is 2.23. The molecule has 4 rings (SSSR count). The third-order valence-corrected chi connectivity index (χ3v) is 6.25. The molecule has 0 bridgehead atoms. The largest absolute Gasteiger partial charge is 0.383 e. The summed E-state index contributed by atoms with van der Waals surface area (Å²) in [5.41, 5.74) is 9.05. The highest BCUT2D eigenvalue weighted by Crippen LogP contribution is 2.38. The molecule has 32 heavy (non-hydrogen) atoms. The van der Waals surface area contributed by atoms with Crippen molar-refractivity contribution in [1.82, 2.24) is 9.97 Å². The van der Waals surface area contributed by atoms with Crippen molar-refractivity contribution < 1.29 is 4.79 Å². The number of aromatic nitrogens is 2. The predicted molar refractivity (Wildman–Crippen MR) is 129 cm³/mol. The van der Waals surface area contributed by atoms with Gasteiger partial charge in [-0.15, -0.1) is 0 Å². The van der Waals surface area contributed by atoms with E-state index in [0.717, 1.165) is 27.1 Å². The van der Waals surface area contributed by atoms with Crippen LogP contribution in [0.15, 0.2) is 64.2 Å². The lowest BCUT2D eigenvalue weighted by Gasteiger charge is -2.12. The van der Waals surface area contributed by atoms with Gasteiger partial charge in [0, 0.05) is 38.4 Å². The van der Waals surface area contributed by atoms with Gasteiger partial charge in [-0.2, -0.15) is 10.5 Å². The first kappa shape index (κ1) is 21.4. The number of thioether (sulfide) groups is 1. The lowest BCUT2D eigenvalue weighted by atomic mass is 9.96. The maximum Gasteiger partial charge on any atom is 0.234 e. The molecule has 156 valence electrons. The van der Waals surface area contributed by atoms with Crippen LogP contribution in [0.3, 0.4) is 0 Å². The van der Waals surface area contributed by atoms with Gasteiger partial charge >= 0.3 is 0 Å². The number of H-pyrrole nitrogens is 1. The van der Waals surface area contributed by atoms with Gasteiger partial charge in [-0.1, -0.05) is 45.9 Å². The second-order valence-corrected chi connectivity index (χ2v) is 8.62. The van der Waals surface area contributed by atoms with Crippen LogP contribution >= 0.6 is 27.7 Å². The van der Waals surface area contributed by atoms with Crippen molar-refractivity contribution in [3.63, 3.8) is 0 Å². The van der Waals surface area contributed by atoms with E-state index in [1.54, 1.807) is 18.3 Å². The Hall–Kier alpha value is -3.79. The molecule has 2 aromatic heterocycles. The lowest BCUT2D eigenvalue weighted by molar-refractivity contribution is -0.113. The minimum Gasteiger partial charge on any atom is -0.383 e. The molecule has 0 radical (unpaired) electrons. The van der Waals surface area contributed by atoms with Crippen molar-refractivity contribution in [2.45, 2.75) is 5.03 Å². The number of fused-ring (bicyclic) bond motifs is 1. The van der Waals surface area contributed by atoms with E-state index in [-0.39, 0.29) is 28.6 Å². The summed E-state index contributed by atoms with van der Waals surface area (Å²) in [4.78, 5) is 19.8. The molecule has 0 unspecified atom stereocenters. The molecule has 0 aliphatic rings. The number of hydrogen-bond donors (Lipinski definition) is 3. The molecular weight excluding hydrogens is 488 g/mol. The molecule has 0 aliphatic carbocycles. The minimum absolute atomic E-state index is 0.0163. The number of amides is 1. The molecule has 1 amide bonds. The Morgan fingerprint density at radius 1 is 1.12 bits per heavy atom. The number of carbonyl (C=O) groups is 1. The molecule has 2 aromatic carbocycles. The van der Waals surface area contributed by atoms with Gasteiger partial charge in [-0.25, -0.2) is 4.98 Å². The van der Waals surface area contributed by atoms with Crippen LogP contribution in [0.2, 0.25) is 0 Å². The number of nitrogens with zero attached hydrogens (tertiary/aromatic N) is 3. The molecule has 0 saturated heterocycles. The maximum absolute atomic E-state index is 12.4. The van der Waals surface area contributed by atoms with Gasteiger partial charge in [-0.05, 0) is 30.3 Å². The molecule has 4 N–H and O–H groups in total. The number of hydrogen-bond acceptors (Lipinski definition) is 6. The summed E-state index contributed by atoms with van der Waals surface area (Å²) in [6, 6.07) is 19.0. The fourth-order valence-electron chi connectivity index (χ4n) is 3.31. The van der Waals surface area contributed by atoms with Gasteiger partial charge in [0.1, 0.15) is 28.5 Å². The Balaban J connectivity index is 1.69. The molecule has 7 nitrogen and oxygen atoms in total. The Morgan fingerprint density at radius 3 is 2.56 bits per heavy atom. The van der Waals surface area contributed by atoms with Crippen LogP contribution in [-0.2, 0) is 4.79 Å². The zero-order valence-corrected chi connectivity index (χ0v) is 18.9. The van der Waals surface area contributed by atoms with Crippen LogP contribution in [0.4, 0.5) is 11.5 Å². The molecule has 9 heteroatoms. The number of pyridine rings is 1. The number of para-hydroxylation sites is 1. The average molecular weight is 503 g/mol. The number of halogens is 1. The number of nitrogens with two attached hydrogens (primary N) is 1. The van der Waals surface area contributed by atoms with E-state index in [1.807, 2.05) is 36.4 Å². The van der Waals surface area contributed by atoms with Crippen LogP contribution in [0.1, 0.15) is 11.1 Å².